The summed E-state index contributed by atoms with van der Waals surface area (Å²) in [6.07, 6.45) is 0.871. The molecule has 0 saturated carbocycles. The lowest BCUT2D eigenvalue weighted by molar-refractivity contribution is 0.198. The number of hydrogen-bond acceptors (Lipinski definition) is 6. The lowest BCUT2D eigenvalue weighted by Crippen LogP contribution is -2.34. The third kappa shape index (κ3) is 4.49. The van der Waals surface area contributed by atoms with E-state index in [1.807, 2.05) is 0 Å². The molecule has 20 heavy (non-hydrogen) atoms. The van der Waals surface area contributed by atoms with Crippen LogP contribution in [0, 0.1) is 0 Å². The lowest BCUT2D eigenvalue weighted by Gasteiger charge is -2.09. The normalized spacial score (nSPS) is 19.6. The number of rotatable bonds is 8. The van der Waals surface area contributed by atoms with E-state index in [2.05, 4.69) is 10.0 Å². The van der Waals surface area contributed by atoms with Crippen LogP contribution >= 0.6 is 11.8 Å². The summed E-state index contributed by atoms with van der Waals surface area (Å²) >= 11 is 1.76. The molecule has 0 bridgehead atoms. The second-order valence-electron chi connectivity index (χ2n) is 4.57. The molecule has 1 aliphatic rings. The summed E-state index contributed by atoms with van der Waals surface area (Å²) in [6.45, 7) is 1.78. The van der Waals surface area contributed by atoms with Gasteiger partial charge in [-0.1, -0.05) is 0 Å². The zero-order valence-electron chi connectivity index (χ0n) is 11.4. The molecule has 1 saturated heterocycles. The van der Waals surface area contributed by atoms with Crippen LogP contribution in [0.15, 0.2) is 21.6 Å². The Morgan fingerprint density at radius 3 is 3.05 bits per heavy atom. The summed E-state index contributed by atoms with van der Waals surface area (Å²) in [5, 5.41) is 3.09. The maximum Gasteiger partial charge on any atom is 0.274 e. The van der Waals surface area contributed by atoms with Crippen molar-refractivity contribution in [2.45, 2.75) is 24.1 Å². The first-order valence-corrected chi connectivity index (χ1v) is 9.14. The van der Waals surface area contributed by atoms with E-state index in [-0.39, 0.29) is 11.1 Å². The van der Waals surface area contributed by atoms with Crippen LogP contribution in [0.5, 0.6) is 0 Å². The fourth-order valence-corrected chi connectivity index (χ4v) is 4.37. The molecule has 1 fully saturated rings. The summed E-state index contributed by atoms with van der Waals surface area (Å²) in [5.41, 5.74) is 0. The van der Waals surface area contributed by atoms with Crippen molar-refractivity contribution in [1.82, 2.24) is 10.0 Å². The maximum atomic E-state index is 12.1. The summed E-state index contributed by atoms with van der Waals surface area (Å²) in [6, 6.07) is 3.19. The Kier molecular flexibility index (Phi) is 5.91. The summed E-state index contributed by atoms with van der Waals surface area (Å²) in [7, 11) is -1.91. The fraction of sp³-hybridized carbons (Fsp3) is 0.667. The van der Waals surface area contributed by atoms with Gasteiger partial charge in [0.1, 0.15) is 5.76 Å². The van der Waals surface area contributed by atoms with Crippen LogP contribution in [0.2, 0.25) is 0 Å². The second-order valence-corrected chi connectivity index (χ2v) is 7.37. The summed E-state index contributed by atoms with van der Waals surface area (Å²) in [4.78, 5) is 0. The Morgan fingerprint density at radius 1 is 1.50 bits per heavy atom. The van der Waals surface area contributed by atoms with Gasteiger partial charge < -0.3 is 14.5 Å². The highest BCUT2D eigenvalue weighted by Gasteiger charge is 2.25. The zero-order chi connectivity index (χ0) is 14.4. The van der Waals surface area contributed by atoms with Crippen molar-refractivity contribution in [1.29, 1.82) is 0 Å². The summed E-state index contributed by atoms with van der Waals surface area (Å²) in [5.74, 6) is 2.42. The molecule has 0 spiro atoms. The quantitative estimate of drug-likeness (QED) is 0.690. The van der Waals surface area contributed by atoms with Gasteiger partial charge >= 0.3 is 0 Å². The molecule has 114 valence electrons. The van der Waals surface area contributed by atoms with E-state index in [4.69, 9.17) is 9.15 Å². The van der Waals surface area contributed by atoms with Gasteiger partial charge in [0, 0.05) is 25.4 Å². The summed E-state index contributed by atoms with van der Waals surface area (Å²) < 4.78 is 37.2. The van der Waals surface area contributed by atoms with E-state index in [1.54, 1.807) is 24.9 Å². The Balaban J connectivity index is 1.89. The molecule has 1 atom stereocenters. The van der Waals surface area contributed by atoms with E-state index in [1.165, 1.54) is 6.07 Å². The Bertz CT molecular complexity index is 509. The Hall–Kier alpha value is -0.540. The molecule has 0 aromatic carbocycles. The molecule has 0 radical (unpaired) electrons. The largest absolute Gasteiger partial charge is 0.447 e. The predicted molar refractivity (Wildman–Crippen MR) is 78.3 cm³/mol. The van der Waals surface area contributed by atoms with Gasteiger partial charge in [-0.2, -0.15) is 11.8 Å². The van der Waals surface area contributed by atoms with Crippen molar-refractivity contribution in [2.75, 3.05) is 31.8 Å². The molecule has 1 aromatic heterocycles. The van der Waals surface area contributed by atoms with Crippen molar-refractivity contribution in [2.24, 2.45) is 0 Å². The Morgan fingerprint density at radius 2 is 2.35 bits per heavy atom. The van der Waals surface area contributed by atoms with Gasteiger partial charge in [0.15, 0.2) is 0 Å². The average Bonchev–Trinajstić information content (AvgIpc) is 3.05. The van der Waals surface area contributed by atoms with E-state index in [9.17, 15) is 8.42 Å². The first-order chi connectivity index (χ1) is 9.62. The number of methoxy groups -OCH3 is 1. The molecule has 2 N–H and O–H groups in total. The minimum absolute atomic E-state index is 0.0124. The minimum Gasteiger partial charge on any atom is -0.447 e. The molecular formula is C12H20N2O4S2. The third-order valence-corrected chi connectivity index (χ3v) is 5.49. The molecule has 1 unspecified atom stereocenters. The van der Waals surface area contributed by atoms with Crippen LogP contribution in [0.4, 0.5) is 0 Å². The van der Waals surface area contributed by atoms with Crippen molar-refractivity contribution < 1.29 is 17.6 Å². The smallest absolute Gasteiger partial charge is 0.274 e. The van der Waals surface area contributed by atoms with E-state index >= 15 is 0 Å². The molecule has 2 heterocycles. The first kappa shape index (κ1) is 15.8. The first-order valence-electron chi connectivity index (χ1n) is 6.50. The van der Waals surface area contributed by atoms with Gasteiger partial charge in [0.25, 0.3) is 10.0 Å². The maximum absolute atomic E-state index is 12.1. The van der Waals surface area contributed by atoms with Crippen molar-refractivity contribution in [3.8, 4) is 0 Å². The van der Waals surface area contributed by atoms with E-state index < -0.39 is 10.0 Å². The minimum atomic E-state index is -3.54. The molecule has 1 aliphatic heterocycles. The highest BCUT2D eigenvalue weighted by Crippen LogP contribution is 2.20. The van der Waals surface area contributed by atoms with Crippen LogP contribution < -0.4 is 10.0 Å². The third-order valence-electron chi connectivity index (χ3n) is 2.94. The van der Waals surface area contributed by atoms with Gasteiger partial charge in [-0.3, -0.25) is 0 Å². The number of sulfonamides is 1. The molecule has 0 aliphatic carbocycles. The second kappa shape index (κ2) is 7.46. The predicted octanol–water partition coefficient (Wildman–Crippen LogP) is 0.799. The molecule has 0 amide bonds. The SMILES string of the molecule is COCCNCc1ccc(S(=O)(=O)NC2CCSC2)o1. The average molecular weight is 320 g/mol. The molecule has 6 nitrogen and oxygen atoms in total. The van der Waals surface area contributed by atoms with Gasteiger partial charge in [-0.15, -0.1) is 0 Å². The van der Waals surface area contributed by atoms with Crippen molar-refractivity contribution in [3.63, 3.8) is 0 Å². The van der Waals surface area contributed by atoms with Crippen LogP contribution in [0.25, 0.3) is 0 Å². The molecule has 1 aromatic rings. The van der Waals surface area contributed by atoms with E-state index in [0.717, 1.165) is 17.9 Å². The zero-order valence-corrected chi connectivity index (χ0v) is 13.1. The monoisotopic (exact) mass is 320 g/mol. The fourth-order valence-electron chi connectivity index (χ4n) is 1.89. The van der Waals surface area contributed by atoms with Crippen LogP contribution in [0.3, 0.4) is 0 Å². The lowest BCUT2D eigenvalue weighted by atomic mass is 10.3. The standard InChI is InChI=1S/C12H20N2O4S2/c1-17-6-5-13-8-11-2-3-12(18-11)20(15,16)14-10-4-7-19-9-10/h2-3,10,13-14H,4-9H2,1H3. The number of ether oxygens (including phenoxy) is 1. The van der Waals surface area contributed by atoms with Gasteiger partial charge in [-0.25, -0.2) is 13.1 Å². The van der Waals surface area contributed by atoms with Crippen LogP contribution in [-0.2, 0) is 21.3 Å². The number of furan rings is 1. The molecule has 8 heteroatoms. The highest BCUT2D eigenvalue weighted by molar-refractivity contribution is 7.99. The van der Waals surface area contributed by atoms with Gasteiger partial charge in [0.05, 0.1) is 13.2 Å². The number of nitrogens with one attached hydrogen (secondary N) is 2. The van der Waals surface area contributed by atoms with Crippen LogP contribution in [-0.4, -0.2) is 46.2 Å². The van der Waals surface area contributed by atoms with Crippen molar-refractivity contribution in [3.05, 3.63) is 17.9 Å². The molecular weight excluding hydrogens is 300 g/mol. The van der Waals surface area contributed by atoms with Gasteiger partial charge in [0.2, 0.25) is 5.09 Å². The highest BCUT2D eigenvalue weighted by atomic mass is 32.2. The number of hydrogen-bond donors (Lipinski definition) is 2. The molecule has 2 rings (SSSR count). The van der Waals surface area contributed by atoms with Crippen molar-refractivity contribution >= 4 is 21.8 Å². The number of thioether (sulfide) groups is 1. The topological polar surface area (TPSA) is 80.6 Å². The Labute approximate surface area is 123 Å². The van der Waals surface area contributed by atoms with E-state index in [0.29, 0.717) is 25.5 Å². The van der Waals surface area contributed by atoms with Crippen LogP contribution in [0.1, 0.15) is 12.2 Å². The van der Waals surface area contributed by atoms with Gasteiger partial charge in [-0.05, 0) is 24.3 Å².